The summed E-state index contributed by atoms with van der Waals surface area (Å²) in [6, 6.07) is 0.366. The molecule has 1 aliphatic heterocycles. The molecular formula is C8H12BrN3O. The maximum absolute atomic E-state index is 11.0. The standard InChI is InChI=1S/C8H12BrN3O/c1-6-2-7(4-12(6)5-10)11-8(13)3-9/h6-7H,2-4H2,1H3,(H,11,13)/t6-,7-/m1/s1. The van der Waals surface area contributed by atoms with Crippen molar-refractivity contribution in [1.82, 2.24) is 10.2 Å². The minimum atomic E-state index is -0.0167. The molecule has 0 aromatic carbocycles. The molecule has 0 bridgehead atoms. The number of nitrogens with zero attached hydrogens (tertiary/aromatic N) is 2. The zero-order valence-corrected chi connectivity index (χ0v) is 9.04. The molecule has 4 nitrogen and oxygen atoms in total. The number of halogens is 1. The fourth-order valence-corrected chi connectivity index (χ4v) is 1.70. The molecule has 1 rings (SSSR count). The van der Waals surface area contributed by atoms with Crippen LogP contribution >= 0.6 is 15.9 Å². The van der Waals surface area contributed by atoms with E-state index in [-0.39, 0.29) is 18.0 Å². The first-order valence-electron chi connectivity index (χ1n) is 4.19. The highest BCUT2D eigenvalue weighted by molar-refractivity contribution is 9.09. The molecule has 72 valence electrons. The number of nitriles is 1. The minimum absolute atomic E-state index is 0.0167. The second kappa shape index (κ2) is 4.47. The third-order valence-corrected chi connectivity index (χ3v) is 2.70. The third-order valence-electron chi connectivity index (χ3n) is 2.19. The van der Waals surface area contributed by atoms with Crippen LogP contribution in [0.15, 0.2) is 0 Å². The second-order valence-corrected chi connectivity index (χ2v) is 3.80. The maximum Gasteiger partial charge on any atom is 0.230 e. The lowest BCUT2D eigenvalue weighted by molar-refractivity contribution is -0.119. The van der Waals surface area contributed by atoms with E-state index < -0.39 is 0 Å². The van der Waals surface area contributed by atoms with Crippen LogP contribution in [-0.4, -0.2) is 34.8 Å². The van der Waals surface area contributed by atoms with E-state index >= 15 is 0 Å². The molecule has 0 saturated carbocycles. The average molecular weight is 246 g/mol. The van der Waals surface area contributed by atoms with Gasteiger partial charge in [-0.15, -0.1) is 0 Å². The first-order chi connectivity index (χ1) is 6.17. The smallest absolute Gasteiger partial charge is 0.230 e. The van der Waals surface area contributed by atoms with Crippen molar-refractivity contribution in [2.24, 2.45) is 0 Å². The minimum Gasteiger partial charge on any atom is -0.351 e. The van der Waals surface area contributed by atoms with Gasteiger partial charge in [0, 0.05) is 18.6 Å². The lowest BCUT2D eigenvalue weighted by atomic mass is 10.2. The number of alkyl halides is 1. The highest BCUT2D eigenvalue weighted by Crippen LogP contribution is 2.15. The van der Waals surface area contributed by atoms with Gasteiger partial charge in [-0.25, -0.2) is 0 Å². The summed E-state index contributed by atoms with van der Waals surface area (Å²) < 4.78 is 0. The molecule has 1 heterocycles. The van der Waals surface area contributed by atoms with Gasteiger partial charge in [-0.3, -0.25) is 4.79 Å². The monoisotopic (exact) mass is 245 g/mol. The molecule has 1 amide bonds. The van der Waals surface area contributed by atoms with Gasteiger partial charge < -0.3 is 10.2 Å². The van der Waals surface area contributed by atoms with Crippen molar-refractivity contribution >= 4 is 21.8 Å². The van der Waals surface area contributed by atoms with E-state index in [9.17, 15) is 4.79 Å². The van der Waals surface area contributed by atoms with E-state index in [4.69, 9.17) is 5.26 Å². The normalized spacial score (nSPS) is 27.0. The van der Waals surface area contributed by atoms with E-state index in [0.717, 1.165) is 6.42 Å². The van der Waals surface area contributed by atoms with Gasteiger partial charge in [0.15, 0.2) is 6.19 Å². The molecule has 1 aliphatic rings. The lowest BCUT2D eigenvalue weighted by Gasteiger charge is -2.11. The van der Waals surface area contributed by atoms with Crippen LogP contribution in [-0.2, 0) is 4.79 Å². The van der Waals surface area contributed by atoms with Gasteiger partial charge in [0.2, 0.25) is 5.91 Å². The van der Waals surface area contributed by atoms with Crippen molar-refractivity contribution in [2.45, 2.75) is 25.4 Å². The number of nitrogens with one attached hydrogen (secondary N) is 1. The second-order valence-electron chi connectivity index (χ2n) is 3.24. The van der Waals surface area contributed by atoms with Crippen LogP contribution in [0.5, 0.6) is 0 Å². The van der Waals surface area contributed by atoms with Gasteiger partial charge in [-0.2, -0.15) is 5.26 Å². The average Bonchev–Trinajstić information content (AvgIpc) is 2.46. The molecule has 0 spiro atoms. The zero-order chi connectivity index (χ0) is 9.84. The van der Waals surface area contributed by atoms with Gasteiger partial charge in [0.05, 0.1) is 5.33 Å². The van der Waals surface area contributed by atoms with Crippen LogP contribution in [0.2, 0.25) is 0 Å². The molecular weight excluding hydrogens is 234 g/mol. The Bertz CT molecular complexity index is 238. The highest BCUT2D eigenvalue weighted by Gasteiger charge is 2.28. The number of carbonyl (C=O) groups is 1. The predicted molar refractivity (Wildman–Crippen MR) is 52.1 cm³/mol. The Morgan fingerprint density at radius 2 is 2.54 bits per heavy atom. The first-order valence-corrected chi connectivity index (χ1v) is 5.31. The Labute approximate surface area is 86.0 Å². The largest absolute Gasteiger partial charge is 0.351 e. The number of hydrogen-bond donors (Lipinski definition) is 1. The fraction of sp³-hybridized carbons (Fsp3) is 0.750. The van der Waals surface area contributed by atoms with Crippen molar-refractivity contribution in [3.8, 4) is 6.19 Å². The number of rotatable bonds is 2. The van der Waals surface area contributed by atoms with Crippen LogP contribution in [0, 0.1) is 11.5 Å². The summed E-state index contributed by atoms with van der Waals surface area (Å²) in [6.07, 6.45) is 2.96. The van der Waals surface area contributed by atoms with Gasteiger partial charge >= 0.3 is 0 Å². The van der Waals surface area contributed by atoms with Crippen LogP contribution < -0.4 is 5.32 Å². The van der Waals surface area contributed by atoms with Crippen LogP contribution in [0.3, 0.4) is 0 Å². The molecule has 0 unspecified atom stereocenters. The van der Waals surface area contributed by atoms with E-state index in [2.05, 4.69) is 27.4 Å². The summed E-state index contributed by atoms with van der Waals surface area (Å²) in [6.45, 7) is 2.62. The number of amides is 1. The van der Waals surface area contributed by atoms with Gasteiger partial charge in [-0.1, -0.05) is 15.9 Å². The molecule has 0 aliphatic carbocycles. The van der Waals surface area contributed by atoms with Gasteiger partial charge in [0.1, 0.15) is 0 Å². The molecule has 1 saturated heterocycles. The molecule has 0 aromatic rings. The van der Waals surface area contributed by atoms with Crippen molar-refractivity contribution in [1.29, 1.82) is 5.26 Å². The quantitative estimate of drug-likeness (QED) is 0.568. The Hall–Kier alpha value is -0.760. The molecule has 2 atom stereocenters. The van der Waals surface area contributed by atoms with Crippen molar-refractivity contribution in [3.05, 3.63) is 0 Å². The van der Waals surface area contributed by atoms with Crippen LogP contribution in [0.25, 0.3) is 0 Å². The summed E-state index contributed by atoms with van der Waals surface area (Å²) in [4.78, 5) is 12.7. The summed E-state index contributed by atoms with van der Waals surface area (Å²) in [5.41, 5.74) is 0. The summed E-state index contributed by atoms with van der Waals surface area (Å²) in [5.74, 6) is -0.0167. The first kappa shape index (κ1) is 10.3. The fourth-order valence-electron chi connectivity index (χ4n) is 1.54. The van der Waals surface area contributed by atoms with E-state index in [0.29, 0.717) is 11.9 Å². The van der Waals surface area contributed by atoms with Crippen molar-refractivity contribution in [3.63, 3.8) is 0 Å². The van der Waals surface area contributed by atoms with Crippen LogP contribution in [0.4, 0.5) is 0 Å². The number of carbonyl (C=O) groups excluding carboxylic acids is 1. The SMILES string of the molecule is C[C@@H]1C[C@@H](NC(=O)CBr)CN1C#N. The summed E-state index contributed by atoms with van der Waals surface area (Å²) in [5, 5.41) is 11.9. The van der Waals surface area contributed by atoms with E-state index in [1.165, 1.54) is 0 Å². The van der Waals surface area contributed by atoms with Gasteiger partial charge in [-0.05, 0) is 13.3 Å². The molecule has 1 N–H and O–H groups in total. The predicted octanol–water partition coefficient (Wildman–Crippen LogP) is 0.441. The van der Waals surface area contributed by atoms with Gasteiger partial charge in [0.25, 0.3) is 0 Å². The molecule has 5 heteroatoms. The Balaban J connectivity index is 2.41. The molecule has 1 fully saturated rings. The lowest BCUT2D eigenvalue weighted by Crippen LogP contribution is -2.36. The summed E-state index contributed by atoms with van der Waals surface area (Å²) in [7, 11) is 0. The summed E-state index contributed by atoms with van der Waals surface area (Å²) >= 11 is 3.08. The van der Waals surface area contributed by atoms with Crippen molar-refractivity contribution < 1.29 is 4.79 Å². The number of likely N-dealkylation sites (tertiary alicyclic amines) is 1. The Morgan fingerprint density at radius 3 is 3.00 bits per heavy atom. The van der Waals surface area contributed by atoms with E-state index in [1.54, 1.807) is 4.90 Å². The zero-order valence-electron chi connectivity index (χ0n) is 7.46. The van der Waals surface area contributed by atoms with E-state index in [1.807, 2.05) is 6.92 Å². The number of hydrogen-bond acceptors (Lipinski definition) is 3. The van der Waals surface area contributed by atoms with Crippen LogP contribution in [0.1, 0.15) is 13.3 Å². The Kier molecular flexibility index (Phi) is 3.55. The Morgan fingerprint density at radius 1 is 1.85 bits per heavy atom. The topological polar surface area (TPSA) is 56.1 Å². The van der Waals surface area contributed by atoms with Crippen molar-refractivity contribution in [2.75, 3.05) is 11.9 Å². The molecule has 0 aromatic heterocycles. The molecule has 0 radical (unpaired) electrons. The third kappa shape index (κ3) is 2.59. The highest BCUT2D eigenvalue weighted by atomic mass is 79.9. The maximum atomic E-state index is 11.0. The molecule has 13 heavy (non-hydrogen) atoms.